The van der Waals surface area contributed by atoms with Gasteiger partial charge in [-0.15, -0.1) is 0 Å². The second-order valence-corrected chi connectivity index (χ2v) is 7.10. The second-order valence-electron chi connectivity index (χ2n) is 7.10. The lowest BCUT2D eigenvalue weighted by Gasteiger charge is -2.27. The predicted octanol–water partition coefficient (Wildman–Crippen LogP) is 2.86. The van der Waals surface area contributed by atoms with Gasteiger partial charge in [-0.25, -0.2) is 9.37 Å². The third-order valence-electron chi connectivity index (χ3n) is 4.43. The molecule has 0 bridgehead atoms. The average Bonchev–Trinajstić information content (AvgIpc) is 2.57. The summed E-state index contributed by atoms with van der Waals surface area (Å²) in [5, 5.41) is 6.05. The maximum atomic E-state index is 14.5. The standard InChI is InChI=1S/C19H27FN6O/c1-9(2)16(11(4)21)25-19-15(20)7-14(17(22)27)18(26-19)24-13-6-10(3)12(5)23-8-13/h6-9,11,16H,21H2,1-5H3,(H2,22,27)(H2,24,25,26)/t11-,16+/m0/s1. The Labute approximate surface area is 158 Å². The smallest absolute Gasteiger partial charge is 0.252 e. The largest absolute Gasteiger partial charge is 0.365 e. The van der Waals surface area contributed by atoms with Gasteiger partial charge < -0.3 is 22.1 Å². The van der Waals surface area contributed by atoms with Gasteiger partial charge in [0.2, 0.25) is 0 Å². The van der Waals surface area contributed by atoms with Crippen LogP contribution in [-0.2, 0) is 0 Å². The zero-order valence-electron chi connectivity index (χ0n) is 16.3. The van der Waals surface area contributed by atoms with Crippen LogP contribution in [-0.4, -0.2) is 28.0 Å². The Kier molecular flexibility index (Phi) is 6.32. The third kappa shape index (κ3) is 4.91. The Morgan fingerprint density at radius 3 is 2.37 bits per heavy atom. The van der Waals surface area contributed by atoms with Crippen molar-refractivity contribution in [3.63, 3.8) is 0 Å². The van der Waals surface area contributed by atoms with E-state index in [9.17, 15) is 9.18 Å². The summed E-state index contributed by atoms with van der Waals surface area (Å²) in [4.78, 5) is 20.3. The van der Waals surface area contributed by atoms with E-state index in [0.717, 1.165) is 17.3 Å². The van der Waals surface area contributed by atoms with Crippen LogP contribution in [0.2, 0.25) is 0 Å². The van der Waals surface area contributed by atoms with Gasteiger partial charge in [0.05, 0.1) is 17.4 Å². The molecule has 0 aliphatic heterocycles. The number of carbonyl (C=O) groups excluding carboxylic acids is 1. The van der Waals surface area contributed by atoms with Crippen molar-refractivity contribution >= 4 is 23.2 Å². The van der Waals surface area contributed by atoms with Crippen LogP contribution in [0.25, 0.3) is 0 Å². The average molecular weight is 374 g/mol. The summed E-state index contributed by atoms with van der Waals surface area (Å²) in [6.07, 6.45) is 1.62. The van der Waals surface area contributed by atoms with Crippen LogP contribution in [0.4, 0.5) is 21.7 Å². The van der Waals surface area contributed by atoms with Crippen LogP contribution in [0.15, 0.2) is 18.3 Å². The highest BCUT2D eigenvalue weighted by molar-refractivity contribution is 5.98. The fourth-order valence-corrected chi connectivity index (χ4v) is 2.78. The van der Waals surface area contributed by atoms with Gasteiger partial charge in [0.15, 0.2) is 11.6 Å². The molecule has 8 heteroatoms. The molecule has 0 aliphatic carbocycles. The molecular formula is C19H27FN6O. The van der Waals surface area contributed by atoms with E-state index in [4.69, 9.17) is 11.5 Å². The first-order chi connectivity index (χ1) is 12.6. The first-order valence-electron chi connectivity index (χ1n) is 8.82. The quantitative estimate of drug-likeness (QED) is 0.592. The fourth-order valence-electron chi connectivity index (χ4n) is 2.78. The van der Waals surface area contributed by atoms with Crippen molar-refractivity contribution < 1.29 is 9.18 Å². The first-order valence-corrected chi connectivity index (χ1v) is 8.82. The van der Waals surface area contributed by atoms with Crippen molar-refractivity contribution in [3.8, 4) is 0 Å². The number of primary amides is 1. The molecule has 0 radical (unpaired) electrons. The van der Waals surface area contributed by atoms with Crippen molar-refractivity contribution in [1.29, 1.82) is 0 Å². The molecule has 0 fully saturated rings. The number of hydrogen-bond donors (Lipinski definition) is 4. The summed E-state index contributed by atoms with van der Waals surface area (Å²) in [5.41, 5.74) is 13.8. The summed E-state index contributed by atoms with van der Waals surface area (Å²) in [6.45, 7) is 9.62. The van der Waals surface area contributed by atoms with Crippen molar-refractivity contribution in [2.75, 3.05) is 10.6 Å². The number of anilines is 3. The van der Waals surface area contributed by atoms with E-state index < -0.39 is 11.7 Å². The van der Waals surface area contributed by atoms with Crippen molar-refractivity contribution in [3.05, 3.63) is 41.0 Å². The number of nitrogens with two attached hydrogens (primary N) is 2. The van der Waals surface area contributed by atoms with E-state index in [2.05, 4.69) is 20.6 Å². The monoisotopic (exact) mass is 374 g/mol. The molecule has 0 aromatic carbocycles. The molecular weight excluding hydrogens is 347 g/mol. The molecule has 0 aliphatic rings. The highest BCUT2D eigenvalue weighted by Gasteiger charge is 2.22. The van der Waals surface area contributed by atoms with Crippen molar-refractivity contribution in [1.82, 2.24) is 9.97 Å². The van der Waals surface area contributed by atoms with Crippen LogP contribution in [0.3, 0.4) is 0 Å². The summed E-state index contributed by atoms with van der Waals surface area (Å²) < 4.78 is 14.5. The van der Waals surface area contributed by atoms with E-state index in [1.54, 1.807) is 6.20 Å². The van der Waals surface area contributed by atoms with Crippen LogP contribution >= 0.6 is 0 Å². The molecule has 2 rings (SSSR count). The number of aryl methyl sites for hydroxylation is 2. The van der Waals surface area contributed by atoms with Gasteiger partial charge in [0.1, 0.15) is 5.82 Å². The Morgan fingerprint density at radius 2 is 1.85 bits per heavy atom. The van der Waals surface area contributed by atoms with E-state index in [1.165, 1.54) is 0 Å². The van der Waals surface area contributed by atoms with Gasteiger partial charge in [-0.1, -0.05) is 13.8 Å². The summed E-state index contributed by atoms with van der Waals surface area (Å²) in [5.74, 6) is -1.12. The van der Waals surface area contributed by atoms with Crippen LogP contribution in [0.5, 0.6) is 0 Å². The van der Waals surface area contributed by atoms with Crippen LogP contribution in [0, 0.1) is 25.6 Å². The van der Waals surface area contributed by atoms with Crippen molar-refractivity contribution in [2.45, 2.75) is 46.7 Å². The molecule has 7 nitrogen and oxygen atoms in total. The second kappa shape index (κ2) is 8.30. The minimum absolute atomic E-state index is 0.00953. The molecule has 27 heavy (non-hydrogen) atoms. The Balaban J connectivity index is 2.45. The Bertz CT molecular complexity index is 829. The number of rotatable bonds is 7. The number of amides is 1. The number of nitrogens with zero attached hydrogens (tertiary/aromatic N) is 2. The van der Waals surface area contributed by atoms with Gasteiger partial charge in [-0.3, -0.25) is 9.78 Å². The van der Waals surface area contributed by atoms with E-state index >= 15 is 0 Å². The lowest BCUT2D eigenvalue weighted by Crippen LogP contribution is -2.42. The number of carbonyl (C=O) groups is 1. The number of hydrogen-bond acceptors (Lipinski definition) is 6. The highest BCUT2D eigenvalue weighted by Crippen LogP contribution is 2.25. The summed E-state index contributed by atoms with van der Waals surface area (Å²) >= 11 is 0. The molecule has 2 aromatic heterocycles. The summed E-state index contributed by atoms with van der Waals surface area (Å²) in [7, 11) is 0. The minimum Gasteiger partial charge on any atom is -0.365 e. The number of aromatic nitrogens is 2. The van der Waals surface area contributed by atoms with Crippen LogP contribution < -0.4 is 22.1 Å². The van der Waals surface area contributed by atoms with E-state index in [0.29, 0.717) is 5.69 Å². The van der Waals surface area contributed by atoms with Gasteiger partial charge in [-0.05, 0) is 44.4 Å². The normalized spacial score (nSPS) is 13.3. The maximum Gasteiger partial charge on any atom is 0.252 e. The minimum atomic E-state index is -0.778. The molecule has 2 aromatic rings. The van der Waals surface area contributed by atoms with Gasteiger partial charge in [0, 0.05) is 17.8 Å². The fraction of sp³-hybridized carbons (Fsp3) is 0.421. The van der Waals surface area contributed by atoms with Crippen molar-refractivity contribution in [2.24, 2.45) is 17.4 Å². The molecule has 1 amide bonds. The Hall–Kier alpha value is -2.74. The summed E-state index contributed by atoms with van der Waals surface area (Å²) in [6, 6.07) is 2.53. The number of nitrogens with one attached hydrogen (secondary N) is 2. The lowest BCUT2D eigenvalue weighted by molar-refractivity contribution is 0.100. The highest BCUT2D eigenvalue weighted by atomic mass is 19.1. The molecule has 6 N–H and O–H groups in total. The van der Waals surface area contributed by atoms with Gasteiger partial charge >= 0.3 is 0 Å². The molecule has 0 unspecified atom stereocenters. The zero-order valence-corrected chi connectivity index (χ0v) is 16.3. The SMILES string of the molecule is Cc1cc(Nc2nc(N[C@H](C(C)C)[C@H](C)N)c(F)cc2C(N)=O)cnc1C. The molecule has 0 saturated carbocycles. The zero-order chi connectivity index (χ0) is 20.3. The van der Waals surface area contributed by atoms with E-state index in [1.807, 2.05) is 40.7 Å². The molecule has 0 spiro atoms. The maximum absolute atomic E-state index is 14.5. The van der Waals surface area contributed by atoms with Crippen LogP contribution in [0.1, 0.15) is 42.4 Å². The molecule has 2 heterocycles. The molecule has 146 valence electrons. The third-order valence-corrected chi connectivity index (χ3v) is 4.43. The van der Waals surface area contributed by atoms with Gasteiger partial charge in [0.25, 0.3) is 5.91 Å². The number of pyridine rings is 2. The van der Waals surface area contributed by atoms with Gasteiger partial charge in [-0.2, -0.15) is 0 Å². The lowest BCUT2D eigenvalue weighted by atomic mass is 9.98. The predicted molar refractivity (Wildman–Crippen MR) is 106 cm³/mol. The molecule has 0 saturated heterocycles. The topological polar surface area (TPSA) is 119 Å². The molecule has 2 atom stereocenters. The Morgan fingerprint density at radius 1 is 1.19 bits per heavy atom. The van der Waals surface area contributed by atoms with E-state index in [-0.39, 0.29) is 35.2 Å². The number of halogens is 1. The first kappa shape index (κ1) is 20.6.